The van der Waals surface area contributed by atoms with Crippen LogP contribution in [-0.4, -0.2) is 44.5 Å². The minimum Gasteiger partial charge on any atom is -0.378 e. The lowest BCUT2D eigenvalue weighted by Crippen LogP contribution is -2.35. The molecule has 19 heavy (non-hydrogen) atoms. The molecule has 1 rings (SSSR count). The molecule has 6 nitrogen and oxygen atoms in total. The Morgan fingerprint density at radius 1 is 1.32 bits per heavy atom. The third kappa shape index (κ3) is 4.59. The molecule has 0 unspecified atom stereocenters. The van der Waals surface area contributed by atoms with Crippen LogP contribution in [0.4, 0.5) is 16.2 Å². The molecule has 1 aromatic rings. The number of nitrogens with one attached hydrogen (secondary N) is 1. The fourth-order valence-corrected chi connectivity index (χ4v) is 1.50. The van der Waals surface area contributed by atoms with Crippen molar-refractivity contribution in [3.63, 3.8) is 0 Å². The van der Waals surface area contributed by atoms with Gasteiger partial charge in [0.1, 0.15) is 0 Å². The summed E-state index contributed by atoms with van der Waals surface area (Å²) in [5.41, 5.74) is 7.03. The second-order valence-electron chi connectivity index (χ2n) is 4.31. The Morgan fingerprint density at radius 2 is 1.95 bits per heavy atom. The molecule has 0 fully saturated rings. The quantitative estimate of drug-likeness (QED) is 0.754. The van der Waals surface area contributed by atoms with Crippen molar-refractivity contribution >= 4 is 23.8 Å². The number of hydrogen-bond donors (Lipinski definition) is 2. The highest BCUT2D eigenvalue weighted by Crippen LogP contribution is 2.15. The summed E-state index contributed by atoms with van der Waals surface area (Å²) in [4.78, 5) is 25.6. The number of anilines is 2. The maximum Gasteiger partial charge on any atom is 0.328 e. The van der Waals surface area contributed by atoms with Crippen molar-refractivity contribution in [2.24, 2.45) is 5.73 Å². The zero-order valence-electron chi connectivity index (χ0n) is 11.3. The molecular weight excluding hydrogens is 244 g/mol. The van der Waals surface area contributed by atoms with Crippen LogP contribution in [0.15, 0.2) is 24.3 Å². The standard InChI is InChI=1S/C13H20N4O2/c1-16(2)12-6-4-11(5-7-12)15-13(19)17(10-18)9-3-8-14/h4-7,10H,3,8-9,14H2,1-2H3,(H,15,19). The zero-order valence-corrected chi connectivity index (χ0v) is 11.3. The van der Waals surface area contributed by atoms with Gasteiger partial charge < -0.3 is 16.0 Å². The highest BCUT2D eigenvalue weighted by molar-refractivity contribution is 5.95. The van der Waals surface area contributed by atoms with Crippen LogP contribution in [0.3, 0.4) is 0 Å². The average molecular weight is 264 g/mol. The number of hydrogen-bond acceptors (Lipinski definition) is 4. The lowest BCUT2D eigenvalue weighted by Gasteiger charge is -2.17. The van der Waals surface area contributed by atoms with Crippen LogP contribution in [0, 0.1) is 0 Å². The van der Waals surface area contributed by atoms with Crippen LogP contribution >= 0.6 is 0 Å². The first-order chi connectivity index (χ1) is 9.08. The second kappa shape index (κ2) is 7.38. The van der Waals surface area contributed by atoms with E-state index < -0.39 is 6.03 Å². The Balaban J connectivity index is 2.62. The average Bonchev–Trinajstić information content (AvgIpc) is 2.40. The van der Waals surface area contributed by atoms with Gasteiger partial charge in [-0.15, -0.1) is 0 Å². The molecule has 0 saturated heterocycles. The highest BCUT2D eigenvalue weighted by atomic mass is 16.2. The minimum atomic E-state index is -0.443. The van der Waals surface area contributed by atoms with Gasteiger partial charge in [0.25, 0.3) is 0 Å². The summed E-state index contributed by atoms with van der Waals surface area (Å²) in [6.45, 7) is 0.761. The highest BCUT2D eigenvalue weighted by Gasteiger charge is 2.11. The topological polar surface area (TPSA) is 78.7 Å². The number of urea groups is 1. The summed E-state index contributed by atoms with van der Waals surface area (Å²) in [6.07, 6.45) is 1.10. The van der Waals surface area contributed by atoms with E-state index in [4.69, 9.17) is 5.73 Å². The Hall–Kier alpha value is -2.08. The van der Waals surface area contributed by atoms with Gasteiger partial charge in [0.2, 0.25) is 6.41 Å². The monoisotopic (exact) mass is 264 g/mol. The lowest BCUT2D eigenvalue weighted by molar-refractivity contribution is -0.115. The first-order valence-electron chi connectivity index (χ1n) is 6.09. The Kier molecular flexibility index (Phi) is 5.81. The van der Waals surface area contributed by atoms with Crippen LogP contribution in [0.25, 0.3) is 0 Å². The van der Waals surface area contributed by atoms with Crippen molar-refractivity contribution in [3.05, 3.63) is 24.3 Å². The van der Waals surface area contributed by atoms with E-state index in [1.54, 1.807) is 12.1 Å². The van der Waals surface area contributed by atoms with Crippen LogP contribution in [0.2, 0.25) is 0 Å². The van der Waals surface area contributed by atoms with E-state index in [-0.39, 0.29) is 0 Å². The van der Waals surface area contributed by atoms with E-state index in [1.165, 1.54) is 0 Å². The molecule has 0 aliphatic rings. The SMILES string of the molecule is CN(C)c1ccc(NC(=O)N(C=O)CCCN)cc1. The van der Waals surface area contributed by atoms with Crippen molar-refractivity contribution in [1.82, 2.24) is 4.90 Å². The molecular formula is C13H20N4O2. The lowest BCUT2D eigenvalue weighted by atomic mass is 10.2. The first kappa shape index (κ1) is 15.0. The maximum atomic E-state index is 11.8. The Morgan fingerprint density at radius 3 is 2.42 bits per heavy atom. The fraction of sp³-hybridized carbons (Fsp3) is 0.385. The van der Waals surface area contributed by atoms with E-state index >= 15 is 0 Å². The number of rotatable bonds is 6. The Labute approximate surface area is 113 Å². The van der Waals surface area contributed by atoms with Gasteiger partial charge in [0.05, 0.1) is 0 Å². The molecule has 3 N–H and O–H groups in total. The predicted molar refractivity (Wildman–Crippen MR) is 76.2 cm³/mol. The maximum absolute atomic E-state index is 11.8. The molecule has 104 valence electrons. The molecule has 0 aliphatic heterocycles. The van der Waals surface area contributed by atoms with Crippen LogP contribution in [0.5, 0.6) is 0 Å². The normalized spacial score (nSPS) is 9.84. The van der Waals surface area contributed by atoms with Crippen LogP contribution in [0.1, 0.15) is 6.42 Å². The minimum absolute atomic E-state index is 0.321. The molecule has 3 amide bonds. The molecule has 0 atom stereocenters. The number of carbonyl (C=O) groups is 2. The van der Waals surface area contributed by atoms with Gasteiger partial charge >= 0.3 is 6.03 Å². The summed E-state index contributed by atoms with van der Waals surface area (Å²) in [6, 6.07) is 6.92. The molecule has 0 bridgehead atoms. The van der Waals surface area contributed by atoms with E-state index in [0.717, 1.165) is 10.6 Å². The van der Waals surface area contributed by atoms with Crippen molar-refractivity contribution in [2.75, 3.05) is 37.4 Å². The third-order valence-corrected chi connectivity index (χ3v) is 2.63. The number of amides is 3. The van der Waals surface area contributed by atoms with E-state index in [1.807, 2.05) is 31.1 Å². The van der Waals surface area contributed by atoms with Crippen molar-refractivity contribution < 1.29 is 9.59 Å². The van der Waals surface area contributed by atoms with Gasteiger partial charge in [0, 0.05) is 32.0 Å². The number of carbonyl (C=O) groups excluding carboxylic acids is 2. The molecule has 1 aromatic carbocycles. The third-order valence-electron chi connectivity index (χ3n) is 2.63. The summed E-state index contributed by atoms with van der Waals surface area (Å²) in [5.74, 6) is 0. The smallest absolute Gasteiger partial charge is 0.328 e. The number of imide groups is 1. The number of nitrogens with zero attached hydrogens (tertiary/aromatic N) is 2. The van der Waals surface area contributed by atoms with Crippen molar-refractivity contribution in [1.29, 1.82) is 0 Å². The molecule has 0 aromatic heterocycles. The predicted octanol–water partition coefficient (Wildman–Crippen LogP) is 1.09. The van der Waals surface area contributed by atoms with Crippen LogP contribution < -0.4 is 16.0 Å². The van der Waals surface area contributed by atoms with Crippen LogP contribution in [-0.2, 0) is 4.79 Å². The van der Waals surface area contributed by atoms with E-state index in [9.17, 15) is 9.59 Å². The molecule has 0 aliphatic carbocycles. The molecule has 0 saturated carbocycles. The summed E-state index contributed by atoms with van der Waals surface area (Å²) in [5, 5.41) is 2.66. The van der Waals surface area contributed by atoms with Gasteiger partial charge in [-0.2, -0.15) is 0 Å². The summed E-state index contributed by atoms with van der Waals surface area (Å²) in [7, 11) is 3.88. The summed E-state index contributed by atoms with van der Waals surface area (Å²) >= 11 is 0. The number of benzene rings is 1. The fourth-order valence-electron chi connectivity index (χ4n) is 1.50. The largest absolute Gasteiger partial charge is 0.378 e. The van der Waals surface area contributed by atoms with Crippen molar-refractivity contribution in [2.45, 2.75) is 6.42 Å². The van der Waals surface area contributed by atoms with Gasteiger partial charge in [0.15, 0.2) is 0 Å². The zero-order chi connectivity index (χ0) is 14.3. The van der Waals surface area contributed by atoms with Gasteiger partial charge in [-0.3, -0.25) is 9.69 Å². The molecule has 6 heteroatoms. The molecule has 0 heterocycles. The van der Waals surface area contributed by atoms with E-state index in [0.29, 0.717) is 31.6 Å². The molecule has 0 spiro atoms. The van der Waals surface area contributed by atoms with Gasteiger partial charge in [-0.1, -0.05) is 0 Å². The van der Waals surface area contributed by atoms with E-state index in [2.05, 4.69) is 5.32 Å². The van der Waals surface area contributed by atoms with Gasteiger partial charge in [-0.25, -0.2) is 4.79 Å². The Bertz CT molecular complexity index is 417. The second-order valence-corrected chi connectivity index (χ2v) is 4.31. The van der Waals surface area contributed by atoms with Crippen molar-refractivity contribution in [3.8, 4) is 0 Å². The summed E-state index contributed by atoms with van der Waals surface area (Å²) < 4.78 is 0. The molecule has 0 radical (unpaired) electrons. The first-order valence-corrected chi connectivity index (χ1v) is 6.09. The number of nitrogens with two attached hydrogens (primary N) is 1. The van der Waals surface area contributed by atoms with Gasteiger partial charge in [-0.05, 0) is 37.2 Å².